The number of piperidine rings is 1. The molecule has 4 aliphatic heterocycles. The van der Waals surface area contributed by atoms with Crippen molar-refractivity contribution in [2.45, 2.75) is 38.0 Å². The quantitative estimate of drug-likeness (QED) is 0.832. The second-order valence-electron chi connectivity index (χ2n) is 8.66. The van der Waals surface area contributed by atoms with E-state index < -0.39 is 0 Å². The molecule has 0 radical (unpaired) electrons. The second kappa shape index (κ2) is 6.91. The maximum atomic E-state index is 6.70. The fourth-order valence-electron chi connectivity index (χ4n) is 5.30. The number of hydrogen-bond donors (Lipinski definition) is 1. The van der Waals surface area contributed by atoms with E-state index in [0.717, 1.165) is 60.9 Å². The van der Waals surface area contributed by atoms with Gasteiger partial charge in [-0.2, -0.15) is 5.10 Å². The largest absolute Gasteiger partial charge is 0.486 e. The molecule has 1 atom stereocenters. The smallest absolute Gasteiger partial charge is 0.208 e. The van der Waals surface area contributed by atoms with Gasteiger partial charge in [-0.25, -0.2) is 5.01 Å². The highest BCUT2D eigenvalue weighted by Gasteiger charge is 2.52. The predicted octanol–water partition coefficient (Wildman–Crippen LogP) is 2.40. The minimum absolute atomic E-state index is 0.223. The highest BCUT2D eigenvalue weighted by molar-refractivity contribution is 6.02. The van der Waals surface area contributed by atoms with E-state index in [0.29, 0.717) is 13.2 Å². The summed E-state index contributed by atoms with van der Waals surface area (Å²) in [5, 5.41) is 7.46. The summed E-state index contributed by atoms with van der Waals surface area (Å²) in [4.78, 5) is 1.65. The number of ether oxygens (including phenoxy) is 3. The number of hydrogen-bond acceptors (Lipinski definition) is 5. The summed E-state index contributed by atoms with van der Waals surface area (Å²) >= 11 is 0. The molecule has 1 spiro atoms. The Morgan fingerprint density at radius 3 is 2.67 bits per heavy atom. The van der Waals surface area contributed by atoms with Crippen molar-refractivity contribution in [1.82, 2.24) is 5.01 Å². The zero-order valence-electron chi connectivity index (χ0n) is 17.4. The average Bonchev–Trinajstić information content (AvgIpc) is 3.26. The van der Waals surface area contributed by atoms with E-state index in [1.807, 2.05) is 6.07 Å². The molecule has 2 aromatic rings. The number of para-hydroxylation sites is 1. The molecule has 6 nitrogen and oxygen atoms in total. The summed E-state index contributed by atoms with van der Waals surface area (Å²) in [6, 6.07) is 14.9. The number of benzene rings is 2. The van der Waals surface area contributed by atoms with Gasteiger partial charge in [0.2, 0.25) is 5.72 Å². The lowest BCUT2D eigenvalue weighted by molar-refractivity contribution is -0.906. The molecule has 1 N–H and O–H groups in total. The Bertz CT molecular complexity index is 997. The predicted molar refractivity (Wildman–Crippen MR) is 113 cm³/mol. The molecule has 4 aliphatic rings. The third-order valence-corrected chi connectivity index (χ3v) is 7.02. The van der Waals surface area contributed by atoms with Gasteiger partial charge in [0.15, 0.2) is 11.5 Å². The number of rotatable bonds is 2. The van der Waals surface area contributed by atoms with Crippen molar-refractivity contribution in [2.75, 3.05) is 32.8 Å². The standard InChI is InChI=1S/C24H27N3O3/c1-2-26-11-9-24(10-12-26)27-20(18-5-3-4-6-21(18)30-24)16-19(25-27)17-7-8-22-23(15-17)29-14-13-28-22/h3-8,15,20H,2,9-14,16H2,1H3/p+1/t20-/m0/s1. The van der Waals surface area contributed by atoms with Crippen LogP contribution in [-0.4, -0.2) is 49.3 Å². The number of nitrogens with zero attached hydrogens (tertiary/aromatic N) is 2. The molecule has 2 aromatic carbocycles. The number of likely N-dealkylation sites (tertiary alicyclic amines) is 1. The van der Waals surface area contributed by atoms with E-state index in [1.54, 1.807) is 4.90 Å². The summed E-state index contributed by atoms with van der Waals surface area (Å²) in [6.45, 7) is 6.88. The first-order chi connectivity index (χ1) is 14.8. The van der Waals surface area contributed by atoms with Gasteiger partial charge in [-0.1, -0.05) is 18.2 Å². The van der Waals surface area contributed by atoms with E-state index in [4.69, 9.17) is 19.3 Å². The molecule has 0 amide bonds. The van der Waals surface area contributed by atoms with E-state index in [9.17, 15) is 0 Å². The van der Waals surface area contributed by atoms with Crippen LogP contribution >= 0.6 is 0 Å². The van der Waals surface area contributed by atoms with Crippen molar-refractivity contribution in [2.24, 2.45) is 5.10 Å². The SMILES string of the molecule is CC[NH+]1CCC2(CC1)Oc1ccccc1[C@@H]1CC(c3ccc4c(c3)OCCO4)=NN12. The van der Waals surface area contributed by atoms with Crippen molar-refractivity contribution in [3.05, 3.63) is 53.6 Å². The van der Waals surface area contributed by atoms with Gasteiger partial charge < -0.3 is 19.1 Å². The fourth-order valence-corrected chi connectivity index (χ4v) is 5.30. The van der Waals surface area contributed by atoms with Crippen LogP contribution in [0.4, 0.5) is 0 Å². The highest BCUT2D eigenvalue weighted by Crippen LogP contribution is 2.49. The van der Waals surface area contributed by atoms with E-state index in [1.165, 1.54) is 12.1 Å². The fraction of sp³-hybridized carbons (Fsp3) is 0.458. The van der Waals surface area contributed by atoms with Crippen molar-refractivity contribution in [3.8, 4) is 17.2 Å². The van der Waals surface area contributed by atoms with Crippen LogP contribution in [0.2, 0.25) is 0 Å². The molecule has 0 aromatic heterocycles. The van der Waals surface area contributed by atoms with Gasteiger partial charge in [0.05, 0.1) is 44.2 Å². The first-order valence-electron chi connectivity index (χ1n) is 11.1. The molecule has 156 valence electrons. The highest BCUT2D eigenvalue weighted by atomic mass is 16.6. The van der Waals surface area contributed by atoms with Crippen LogP contribution in [0.3, 0.4) is 0 Å². The van der Waals surface area contributed by atoms with Gasteiger partial charge in [0.1, 0.15) is 19.0 Å². The summed E-state index contributed by atoms with van der Waals surface area (Å²) in [5.74, 6) is 2.66. The monoisotopic (exact) mass is 406 g/mol. The summed E-state index contributed by atoms with van der Waals surface area (Å²) in [5.41, 5.74) is 3.11. The first-order valence-corrected chi connectivity index (χ1v) is 11.1. The molecule has 0 saturated carbocycles. The Labute approximate surface area is 177 Å². The Morgan fingerprint density at radius 1 is 1.03 bits per heavy atom. The van der Waals surface area contributed by atoms with Crippen molar-refractivity contribution >= 4 is 5.71 Å². The molecule has 6 rings (SSSR count). The van der Waals surface area contributed by atoms with Gasteiger partial charge in [-0.3, -0.25) is 0 Å². The normalized spacial score (nSPS) is 29.1. The van der Waals surface area contributed by atoms with Gasteiger partial charge in [-0.05, 0) is 31.2 Å². The Balaban J connectivity index is 1.38. The molecule has 0 aliphatic carbocycles. The van der Waals surface area contributed by atoms with Gasteiger partial charge in [-0.15, -0.1) is 0 Å². The van der Waals surface area contributed by atoms with Crippen molar-refractivity contribution in [3.63, 3.8) is 0 Å². The summed E-state index contributed by atoms with van der Waals surface area (Å²) < 4.78 is 18.2. The first kappa shape index (κ1) is 18.1. The van der Waals surface area contributed by atoms with Gasteiger partial charge >= 0.3 is 0 Å². The molecular weight excluding hydrogens is 378 g/mol. The van der Waals surface area contributed by atoms with Gasteiger partial charge in [0.25, 0.3) is 0 Å². The Kier molecular flexibility index (Phi) is 4.16. The Morgan fingerprint density at radius 2 is 1.83 bits per heavy atom. The summed E-state index contributed by atoms with van der Waals surface area (Å²) in [7, 11) is 0. The van der Waals surface area contributed by atoms with Crippen LogP contribution in [0.1, 0.15) is 43.4 Å². The third-order valence-electron chi connectivity index (χ3n) is 7.02. The molecule has 30 heavy (non-hydrogen) atoms. The number of quaternary nitrogens is 1. The molecule has 4 heterocycles. The molecule has 1 saturated heterocycles. The molecule has 1 fully saturated rings. The lowest BCUT2D eigenvalue weighted by atomic mass is 9.90. The van der Waals surface area contributed by atoms with E-state index >= 15 is 0 Å². The number of fused-ring (bicyclic) bond motifs is 5. The molecule has 0 unspecified atom stereocenters. The summed E-state index contributed by atoms with van der Waals surface area (Å²) in [6.07, 6.45) is 2.88. The van der Waals surface area contributed by atoms with E-state index in [-0.39, 0.29) is 11.8 Å². The minimum atomic E-state index is -0.340. The van der Waals surface area contributed by atoms with Gasteiger partial charge in [0, 0.05) is 17.5 Å². The van der Waals surface area contributed by atoms with Crippen LogP contribution in [0, 0.1) is 0 Å². The lowest BCUT2D eigenvalue weighted by Crippen LogP contribution is -3.13. The van der Waals surface area contributed by atoms with Crippen LogP contribution in [0.15, 0.2) is 47.6 Å². The van der Waals surface area contributed by atoms with Crippen LogP contribution in [0.25, 0.3) is 0 Å². The Hall–Kier alpha value is -2.73. The topological polar surface area (TPSA) is 47.7 Å². The average molecular weight is 407 g/mol. The third kappa shape index (κ3) is 2.77. The number of hydrazone groups is 1. The molecule has 0 bridgehead atoms. The molecular formula is C24H28N3O3+. The maximum Gasteiger partial charge on any atom is 0.208 e. The zero-order valence-corrected chi connectivity index (χ0v) is 17.4. The van der Waals surface area contributed by atoms with Crippen LogP contribution < -0.4 is 19.1 Å². The zero-order chi connectivity index (χ0) is 20.1. The second-order valence-corrected chi connectivity index (χ2v) is 8.66. The van der Waals surface area contributed by atoms with Crippen molar-refractivity contribution < 1.29 is 19.1 Å². The maximum absolute atomic E-state index is 6.70. The van der Waals surface area contributed by atoms with Crippen molar-refractivity contribution in [1.29, 1.82) is 0 Å². The minimum Gasteiger partial charge on any atom is -0.486 e. The lowest BCUT2D eigenvalue weighted by Gasteiger charge is -2.50. The molecule has 6 heteroatoms. The van der Waals surface area contributed by atoms with Crippen LogP contribution in [-0.2, 0) is 0 Å². The van der Waals surface area contributed by atoms with E-state index in [2.05, 4.69) is 48.3 Å². The van der Waals surface area contributed by atoms with Crippen LogP contribution in [0.5, 0.6) is 17.2 Å². The number of nitrogens with one attached hydrogen (secondary N) is 1.